The first kappa shape index (κ1) is 14.0. The van der Waals surface area contributed by atoms with Crippen molar-refractivity contribution in [1.82, 2.24) is 0 Å². The van der Waals surface area contributed by atoms with Gasteiger partial charge in [-0.2, -0.15) is 0 Å². The van der Waals surface area contributed by atoms with Crippen molar-refractivity contribution in [3.63, 3.8) is 0 Å². The summed E-state index contributed by atoms with van der Waals surface area (Å²) in [5.74, 6) is -0.629. The Morgan fingerprint density at radius 3 is 2.67 bits per heavy atom. The molecule has 0 aliphatic carbocycles. The second-order valence-corrected chi connectivity index (χ2v) is 4.05. The molecule has 1 aromatic carbocycles. The first-order valence-electron chi connectivity index (χ1n) is 5.24. The van der Waals surface area contributed by atoms with Gasteiger partial charge in [0.1, 0.15) is 0 Å². The van der Waals surface area contributed by atoms with Crippen molar-refractivity contribution in [3.8, 4) is 5.75 Å². The van der Waals surface area contributed by atoms with Crippen molar-refractivity contribution >= 4 is 11.4 Å². The molecular weight excluding hydrogens is 239 g/mol. The highest BCUT2D eigenvalue weighted by molar-refractivity contribution is 5.60. The van der Waals surface area contributed by atoms with Crippen LogP contribution in [0.4, 0.5) is 15.8 Å². The Labute approximate surface area is 105 Å². The molecule has 0 radical (unpaired) electrons. The van der Waals surface area contributed by atoms with Gasteiger partial charge in [0.2, 0.25) is 0 Å². The molecule has 98 valence electrons. The monoisotopic (exact) mass is 254 g/mol. The largest absolute Gasteiger partial charge is 0.490 e. The van der Waals surface area contributed by atoms with E-state index in [0.717, 1.165) is 11.6 Å². The number of hydrogen-bond acceptors (Lipinski definition) is 4. The normalized spacial score (nSPS) is 10.0. The van der Waals surface area contributed by atoms with Gasteiger partial charge in [-0.15, -0.1) is 0 Å². The Hall–Kier alpha value is -2.11. The number of ether oxygens (including phenoxy) is 1. The van der Waals surface area contributed by atoms with E-state index in [2.05, 4.69) is 6.58 Å². The molecule has 0 N–H and O–H groups in total. The predicted molar refractivity (Wildman–Crippen MR) is 67.7 cm³/mol. The number of benzene rings is 1. The fourth-order valence-electron chi connectivity index (χ4n) is 1.62. The minimum atomic E-state index is -0.676. The lowest BCUT2D eigenvalue weighted by molar-refractivity contribution is -0.385. The van der Waals surface area contributed by atoms with E-state index in [9.17, 15) is 14.5 Å². The molecule has 5 nitrogen and oxygen atoms in total. The summed E-state index contributed by atoms with van der Waals surface area (Å²) in [7, 11) is 2.99. The number of nitro groups is 1. The van der Waals surface area contributed by atoms with Crippen molar-refractivity contribution in [2.24, 2.45) is 0 Å². The molecule has 0 fully saturated rings. The lowest BCUT2D eigenvalue weighted by atomic mass is 10.2. The van der Waals surface area contributed by atoms with Crippen molar-refractivity contribution in [2.45, 2.75) is 6.92 Å². The first-order valence-corrected chi connectivity index (χ1v) is 5.24. The number of rotatable bonds is 5. The molecule has 0 aromatic heterocycles. The van der Waals surface area contributed by atoms with Gasteiger partial charge in [-0.25, -0.2) is 4.39 Å². The first-order chi connectivity index (χ1) is 8.36. The van der Waals surface area contributed by atoms with Crippen LogP contribution >= 0.6 is 0 Å². The Morgan fingerprint density at radius 1 is 1.61 bits per heavy atom. The molecule has 0 aliphatic rings. The topological polar surface area (TPSA) is 55.6 Å². The summed E-state index contributed by atoms with van der Waals surface area (Å²) in [4.78, 5) is 11.7. The molecule has 0 saturated carbocycles. The third-order valence-electron chi connectivity index (χ3n) is 2.36. The van der Waals surface area contributed by atoms with Gasteiger partial charge in [-0.05, 0) is 6.92 Å². The number of anilines is 1. The molecule has 0 heterocycles. The summed E-state index contributed by atoms with van der Waals surface area (Å²) >= 11 is 0. The fraction of sp³-hybridized carbons (Fsp3) is 0.333. The zero-order valence-corrected chi connectivity index (χ0v) is 10.6. The van der Waals surface area contributed by atoms with E-state index in [1.807, 2.05) is 6.92 Å². The third kappa shape index (κ3) is 2.97. The minimum Gasteiger partial charge on any atom is -0.490 e. The molecule has 0 unspecified atom stereocenters. The van der Waals surface area contributed by atoms with E-state index in [-0.39, 0.29) is 17.1 Å². The quantitative estimate of drug-likeness (QED) is 0.460. The Kier molecular flexibility index (Phi) is 4.25. The average Bonchev–Trinajstić information content (AvgIpc) is 2.27. The number of methoxy groups -OCH3 is 1. The van der Waals surface area contributed by atoms with Gasteiger partial charge >= 0.3 is 5.69 Å². The van der Waals surface area contributed by atoms with Crippen molar-refractivity contribution in [2.75, 3.05) is 25.6 Å². The highest BCUT2D eigenvalue weighted by atomic mass is 19.1. The lowest BCUT2D eigenvalue weighted by Gasteiger charge is -2.20. The molecule has 0 aliphatic heterocycles. The second-order valence-electron chi connectivity index (χ2n) is 4.05. The van der Waals surface area contributed by atoms with Crippen molar-refractivity contribution in [1.29, 1.82) is 0 Å². The SMILES string of the molecule is C=C(C)CN(C)c1cc(OC)c([N+](=O)[O-])cc1F. The molecule has 0 amide bonds. The Bertz CT molecular complexity index is 488. The highest BCUT2D eigenvalue weighted by Gasteiger charge is 2.20. The number of nitro benzene ring substituents is 1. The maximum absolute atomic E-state index is 13.8. The maximum Gasteiger partial charge on any atom is 0.313 e. The Balaban J connectivity index is 3.22. The molecule has 0 bridgehead atoms. The molecule has 1 aromatic rings. The van der Waals surface area contributed by atoms with E-state index in [0.29, 0.717) is 6.54 Å². The maximum atomic E-state index is 13.8. The van der Waals surface area contributed by atoms with Crippen LogP contribution in [0.15, 0.2) is 24.3 Å². The van der Waals surface area contributed by atoms with Crippen LogP contribution in [0, 0.1) is 15.9 Å². The standard InChI is InChI=1S/C12H15FN2O3/c1-8(2)7-14(3)10-6-12(18-4)11(15(16)17)5-9(10)13/h5-6H,1,7H2,2-4H3. The summed E-state index contributed by atoms with van der Waals surface area (Å²) < 4.78 is 18.7. The molecule has 0 saturated heterocycles. The molecule has 0 spiro atoms. The number of hydrogen-bond donors (Lipinski definition) is 0. The van der Waals surface area contributed by atoms with Gasteiger partial charge in [-0.1, -0.05) is 12.2 Å². The minimum absolute atomic E-state index is 0.0324. The molecule has 1 rings (SSSR count). The zero-order valence-electron chi connectivity index (χ0n) is 10.6. The number of halogens is 1. The van der Waals surface area contributed by atoms with E-state index in [1.165, 1.54) is 13.2 Å². The summed E-state index contributed by atoms with van der Waals surface area (Å²) in [6.45, 7) is 6.01. The van der Waals surface area contributed by atoms with E-state index in [4.69, 9.17) is 4.74 Å². The van der Waals surface area contributed by atoms with Crippen molar-refractivity contribution < 1.29 is 14.1 Å². The third-order valence-corrected chi connectivity index (χ3v) is 2.36. The average molecular weight is 254 g/mol. The van der Waals surface area contributed by atoms with Gasteiger partial charge in [0.25, 0.3) is 0 Å². The van der Waals surface area contributed by atoms with E-state index < -0.39 is 10.7 Å². The summed E-state index contributed by atoms with van der Waals surface area (Å²) in [5.41, 5.74) is 0.706. The van der Waals surface area contributed by atoms with Crippen LogP contribution in [0.25, 0.3) is 0 Å². The zero-order chi connectivity index (χ0) is 13.9. The fourth-order valence-corrected chi connectivity index (χ4v) is 1.62. The van der Waals surface area contributed by atoms with E-state index in [1.54, 1.807) is 11.9 Å². The summed E-state index contributed by atoms with van der Waals surface area (Å²) in [6.07, 6.45) is 0. The lowest BCUT2D eigenvalue weighted by Crippen LogP contribution is -2.20. The molecule has 6 heteroatoms. The Morgan fingerprint density at radius 2 is 2.22 bits per heavy atom. The van der Waals surface area contributed by atoms with Gasteiger partial charge in [0, 0.05) is 19.7 Å². The number of likely N-dealkylation sites (N-methyl/N-ethyl adjacent to an activating group) is 1. The van der Waals surface area contributed by atoms with Gasteiger partial charge in [0.05, 0.1) is 23.8 Å². The highest BCUT2D eigenvalue weighted by Crippen LogP contribution is 2.33. The van der Waals surface area contributed by atoms with Crippen LogP contribution in [-0.4, -0.2) is 25.6 Å². The van der Waals surface area contributed by atoms with Gasteiger partial charge in [-0.3, -0.25) is 10.1 Å². The smallest absolute Gasteiger partial charge is 0.313 e. The van der Waals surface area contributed by atoms with Crippen LogP contribution in [0.1, 0.15) is 6.92 Å². The predicted octanol–water partition coefficient (Wildman–Crippen LogP) is 2.75. The van der Waals surface area contributed by atoms with E-state index >= 15 is 0 Å². The van der Waals surface area contributed by atoms with Gasteiger partial charge in [0.15, 0.2) is 11.6 Å². The van der Waals surface area contributed by atoms with Crippen LogP contribution < -0.4 is 9.64 Å². The molecule has 18 heavy (non-hydrogen) atoms. The molecule has 0 atom stereocenters. The van der Waals surface area contributed by atoms with Crippen LogP contribution in [0.2, 0.25) is 0 Å². The van der Waals surface area contributed by atoms with Crippen molar-refractivity contribution in [3.05, 3.63) is 40.2 Å². The van der Waals surface area contributed by atoms with Crippen LogP contribution in [-0.2, 0) is 0 Å². The van der Waals surface area contributed by atoms with Gasteiger partial charge < -0.3 is 9.64 Å². The second kappa shape index (κ2) is 5.48. The summed E-state index contributed by atoms with van der Waals surface area (Å²) in [6, 6.07) is 2.18. The molecular formula is C12H15FN2O3. The number of nitrogens with zero attached hydrogens (tertiary/aromatic N) is 2. The summed E-state index contributed by atoms with van der Waals surface area (Å²) in [5, 5.41) is 10.7. The van der Waals surface area contributed by atoms with Crippen LogP contribution in [0.5, 0.6) is 5.75 Å². The van der Waals surface area contributed by atoms with Crippen LogP contribution in [0.3, 0.4) is 0 Å².